The zero-order chi connectivity index (χ0) is 13.7. The first kappa shape index (κ1) is 15.5. The van der Waals surface area contributed by atoms with Crippen molar-refractivity contribution in [2.75, 3.05) is 26.2 Å². The summed E-state index contributed by atoms with van der Waals surface area (Å²) in [6.45, 7) is 14.9. The van der Waals surface area contributed by atoms with E-state index in [0.717, 1.165) is 44.9 Å². The molecule has 0 N–H and O–H groups in total. The van der Waals surface area contributed by atoms with Gasteiger partial charge in [0.05, 0.1) is 0 Å². The maximum absolute atomic E-state index is 12.1. The molecule has 0 bridgehead atoms. The quantitative estimate of drug-likeness (QED) is 0.756. The lowest BCUT2D eigenvalue weighted by Crippen LogP contribution is -2.52. The van der Waals surface area contributed by atoms with Crippen LogP contribution in [0.25, 0.3) is 0 Å². The Morgan fingerprint density at radius 1 is 1.11 bits per heavy atom. The fraction of sp³-hybridized carbons (Fsp3) is 0.933. The highest BCUT2D eigenvalue weighted by Crippen LogP contribution is 2.24. The van der Waals surface area contributed by atoms with Gasteiger partial charge >= 0.3 is 0 Å². The second-order valence-electron chi connectivity index (χ2n) is 5.75. The van der Waals surface area contributed by atoms with E-state index >= 15 is 0 Å². The van der Waals surface area contributed by atoms with Gasteiger partial charge in [0, 0.05) is 25.0 Å². The van der Waals surface area contributed by atoms with Crippen molar-refractivity contribution in [3.8, 4) is 0 Å². The predicted molar refractivity (Wildman–Crippen MR) is 76.5 cm³/mol. The van der Waals surface area contributed by atoms with Crippen LogP contribution in [-0.2, 0) is 4.79 Å². The molecule has 0 unspecified atom stereocenters. The zero-order valence-corrected chi connectivity index (χ0v) is 12.8. The molecule has 106 valence electrons. The van der Waals surface area contributed by atoms with Gasteiger partial charge < -0.3 is 9.80 Å². The Morgan fingerprint density at radius 2 is 1.61 bits per heavy atom. The molecule has 0 aromatic carbocycles. The van der Waals surface area contributed by atoms with Crippen molar-refractivity contribution in [1.29, 1.82) is 0 Å². The van der Waals surface area contributed by atoms with Crippen LogP contribution in [0.3, 0.4) is 0 Å². The Bertz CT molecular complexity index is 251. The van der Waals surface area contributed by atoms with Crippen LogP contribution >= 0.6 is 0 Å². The molecule has 0 saturated carbocycles. The molecule has 0 aromatic heterocycles. The normalized spacial score (nSPS) is 22.4. The Morgan fingerprint density at radius 3 is 2.00 bits per heavy atom. The van der Waals surface area contributed by atoms with Crippen LogP contribution in [0.1, 0.15) is 47.5 Å². The van der Waals surface area contributed by atoms with E-state index in [0.29, 0.717) is 17.9 Å². The fourth-order valence-electron chi connectivity index (χ4n) is 2.80. The van der Waals surface area contributed by atoms with E-state index in [9.17, 15) is 4.79 Å². The molecule has 2 rings (SSSR count). The largest absolute Gasteiger partial charge is 0.342 e. The van der Waals surface area contributed by atoms with Crippen LogP contribution in [0.5, 0.6) is 0 Å². The van der Waals surface area contributed by atoms with Crippen LogP contribution < -0.4 is 0 Å². The lowest BCUT2D eigenvalue weighted by atomic mass is 9.92. The van der Waals surface area contributed by atoms with Crippen LogP contribution in [0.15, 0.2) is 0 Å². The van der Waals surface area contributed by atoms with Crippen LogP contribution in [0.2, 0.25) is 0 Å². The van der Waals surface area contributed by atoms with Gasteiger partial charge in [-0.05, 0) is 45.7 Å². The van der Waals surface area contributed by atoms with Gasteiger partial charge in [-0.3, -0.25) is 4.79 Å². The molecule has 2 heterocycles. The highest BCUT2D eigenvalue weighted by molar-refractivity contribution is 5.79. The van der Waals surface area contributed by atoms with E-state index in [-0.39, 0.29) is 0 Å². The minimum atomic E-state index is 0.308. The van der Waals surface area contributed by atoms with Crippen molar-refractivity contribution in [2.45, 2.75) is 53.5 Å². The van der Waals surface area contributed by atoms with Gasteiger partial charge in [-0.1, -0.05) is 20.8 Å². The van der Waals surface area contributed by atoms with Crippen LogP contribution in [-0.4, -0.2) is 47.9 Å². The molecular weight excluding hydrogens is 224 g/mol. The highest BCUT2D eigenvalue weighted by Gasteiger charge is 2.34. The maximum atomic E-state index is 12.1. The molecule has 0 spiro atoms. The summed E-state index contributed by atoms with van der Waals surface area (Å²) in [5.74, 6) is 1.45. The summed E-state index contributed by atoms with van der Waals surface area (Å²) >= 11 is 0. The standard InChI is InChI=1S/C13H24N2O.C2H6/c1-10(2)14-6-4-12(5-7-14)13(16)15-8-11(3)9-15;1-2/h10-12H,4-9H2,1-3H3;1-2H3. The van der Waals surface area contributed by atoms with Crippen molar-refractivity contribution in [1.82, 2.24) is 9.80 Å². The third-order valence-corrected chi connectivity index (χ3v) is 3.98. The van der Waals surface area contributed by atoms with Crippen molar-refractivity contribution < 1.29 is 4.79 Å². The van der Waals surface area contributed by atoms with E-state index in [4.69, 9.17) is 0 Å². The lowest BCUT2D eigenvalue weighted by Gasteiger charge is -2.41. The molecule has 2 saturated heterocycles. The molecule has 3 heteroatoms. The molecule has 0 radical (unpaired) electrons. The number of hydrogen-bond donors (Lipinski definition) is 0. The number of likely N-dealkylation sites (tertiary alicyclic amines) is 2. The number of carbonyl (C=O) groups is 1. The number of amides is 1. The third kappa shape index (κ3) is 3.71. The molecule has 2 aliphatic heterocycles. The molecule has 0 aromatic rings. The topological polar surface area (TPSA) is 23.6 Å². The second kappa shape index (κ2) is 7.13. The van der Waals surface area contributed by atoms with Crippen LogP contribution in [0, 0.1) is 11.8 Å². The van der Waals surface area contributed by atoms with Gasteiger partial charge in [-0.25, -0.2) is 0 Å². The summed E-state index contributed by atoms with van der Waals surface area (Å²) in [7, 11) is 0. The number of rotatable bonds is 2. The average Bonchev–Trinajstić information content (AvgIpc) is 2.37. The number of hydrogen-bond acceptors (Lipinski definition) is 2. The van der Waals surface area contributed by atoms with E-state index in [1.54, 1.807) is 0 Å². The van der Waals surface area contributed by atoms with Gasteiger partial charge in [0.15, 0.2) is 0 Å². The van der Waals surface area contributed by atoms with Gasteiger partial charge in [0.2, 0.25) is 5.91 Å². The Balaban J connectivity index is 0.000000771. The van der Waals surface area contributed by atoms with E-state index in [1.165, 1.54) is 0 Å². The minimum Gasteiger partial charge on any atom is -0.342 e. The Hall–Kier alpha value is -0.570. The SMILES string of the molecule is CC.CC1CN(C(=O)C2CCN(C(C)C)CC2)C1. The Labute approximate surface area is 113 Å². The minimum absolute atomic E-state index is 0.308. The first-order chi connectivity index (χ1) is 8.58. The molecule has 0 atom stereocenters. The summed E-state index contributed by atoms with van der Waals surface area (Å²) in [6.07, 6.45) is 2.11. The molecule has 3 nitrogen and oxygen atoms in total. The molecule has 1 amide bonds. The molecule has 0 aliphatic carbocycles. The van der Waals surface area contributed by atoms with Crippen molar-refractivity contribution >= 4 is 5.91 Å². The second-order valence-corrected chi connectivity index (χ2v) is 5.75. The molecule has 2 fully saturated rings. The number of nitrogens with zero attached hydrogens (tertiary/aromatic N) is 2. The van der Waals surface area contributed by atoms with E-state index in [1.807, 2.05) is 18.7 Å². The smallest absolute Gasteiger partial charge is 0.225 e. The van der Waals surface area contributed by atoms with Crippen molar-refractivity contribution in [3.05, 3.63) is 0 Å². The van der Waals surface area contributed by atoms with Crippen molar-refractivity contribution in [2.24, 2.45) is 11.8 Å². The highest BCUT2D eigenvalue weighted by atomic mass is 16.2. The monoisotopic (exact) mass is 254 g/mol. The third-order valence-electron chi connectivity index (χ3n) is 3.98. The molecular formula is C15H30N2O. The average molecular weight is 254 g/mol. The Kier molecular flexibility index (Phi) is 6.13. The van der Waals surface area contributed by atoms with Gasteiger partial charge in [0.25, 0.3) is 0 Å². The van der Waals surface area contributed by atoms with E-state index < -0.39 is 0 Å². The fourth-order valence-corrected chi connectivity index (χ4v) is 2.80. The number of piperidine rings is 1. The zero-order valence-electron chi connectivity index (χ0n) is 12.8. The summed E-state index contributed by atoms with van der Waals surface area (Å²) in [5, 5.41) is 0. The summed E-state index contributed by atoms with van der Waals surface area (Å²) in [6, 6.07) is 0.625. The summed E-state index contributed by atoms with van der Waals surface area (Å²) < 4.78 is 0. The molecule has 2 aliphatic rings. The van der Waals surface area contributed by atoms with Crippen LogP contribution in [0.4, 0.5) is 0 Å². The number of carbonyl (C=O) groups excluding carboxylic acids is 1. The maximum Gasteiger partial charge on any atom is 0.225 e. The lowest BCUT2D eigenvalue weighted by molar-refractivity contribution is -0.143. The van der Waals surface area contributed by atoms with Gasteiger partial charge in [0.1, 0.15) is 0 Å². The first-order valence-electron chi connectivity index (χ1n) is 7.60. The van der Waals surface area contributed by atoms with Crippen molar-refractivity contribution in [3.63, 3.8) is 0 Å². The summed E-state index contributed by atoms with van der Waals surface area (Å²) in [5.41, 5.74) is 0. The predicted octanol–water partition coefficient (Wildman–Crippen LogP) is 2.61. The van der Waals surface area contributed by atoms with Gasteiger partial charge in [-0.2, -0.15) is 0 Å². The summed E-state index contributed by atoms with van der Waals surface area (Å²) in [4.78, 5) is 16.6. The molecule has 18 heavy (non-hydrogen) atoms. The van der Waals surface area contributed by atoms with Gasteiger partial charge in [-0.15, -0.1) is 0 Å². The van der Waals surface area contributed by atoms with E-state index in [2.05, 4.69) is 25.7 Å². The first-order valence-corrected chi connectivity index (χ1v) is 7.60.